The average molecular weight is 328 g/mol. The van der Waals surface area contributed by atoms with Gasteiger partial charge in [-0.1, -0.05) is 60.2 Å². The second-order valence-corrected chi connectivity index (χ2v) is 6.23. The number of ether oxygens (including phenoxy) is 1. The van der Waals surface area contributed by atoms with Crippen molar-refractivity contribution < 1.29 is 14.3 Å². The minimum Gasteiger partial charge on any atom is -0.442 e. The molecule has 1 heterocycles. The summed E-state index contributed by atoms with van der Waals surface area (Å²) in [7, 11) is 0. The van der Waals surface area contributed by atoms with Gasteiger partial charge in [0.1, 0.15) is 0 Å². The standard InChI is InChI=1S/C22H16O3/c1-15-7-9-16(10-8-15)19-20(17-5-3-2-4-6-17)22(25-21(19)24)13-11-18(23)12-14-22/h2-14H,1H3. The fraction of sp³-hybridized carbons (Fsp3) is 0.0909. The zero-order valence-electron chi connectivity index (χ0n) is 13.7. The number of rotatable bonds is 2. The first-order chi connectivity index (χ1) is 12.1. The SMILES string of the molecule is Cc1ccc(C2=C(c3ccccc3)C3(C=CC(=O)C=C3)OC2=O)cc1. The monoisotopic (exact) mass is 328 g/mol. The van der Waals surface area contributed by atoms with Gasteiger partial charge in [-0.3, -0.25) is 4.79 Å². The lowest BCUT2D eigenvalue weighted by Gasteiger charge is -2.26. The fourth-order valence-corrected chi connectivity index (χ4v) is 3.27. The Kier molecular flexibility index (Phi) is 3.50. The molecule has 0 unspecified atom stereocenters. The Morgan fingerprint density at radius 1 is 0.800 bits per heavy atom. The third-order valence-corrected chi connectivity index (χ3v) is 4.50. The van der Waals surface area contributed by atoms with Crippen LogP contribution in [0.5, 0.6) is 0 Å². The van der Waals surface area contributed by atoms with Crippen LogP contribution in [0.4, 0.5) is 0 Å². The van der Waals surface area contributed by atoms with Crippen LogP contribution in [-0.4, -0.2) is 17.4 Å². The van der Waals surface area contributed by atoms with Crippen LogP contribution >= 0.6 is 0 Å². The number of esters is 1. The maximum atomic E-state index is 12.8. The second-order valence-electron chi connectivity index (χ2n) is 6.23. The zero-order valence-corrected chi connectivity index (χ0v) is 13.7. The van der Waals surface area contributed by atoms with E-state index in [1.54, 1.807) is 12.2 Å². The quantitative estimate of drug-likeness (QED) is 0.785. The normalized spacial score (nSPS) is 18.1. The van der Waals surface area contributed by atoms with E-state index in [-0.39, 0.29) is 11.8 Å². The van der Waals surface area contributed by atoms with E-state index in [2.05, 4.69) is 0 Å². The predicted molar refractivity (Wildman–Crippen MR) is 96.5 cm³/mol. The van der Waals surface area contributed by atoms with Gasteiger partial charge in [0.15, 0.2) is 11.4 Å². The molecule has 1 spiro atoms. The molecule has 0 fully saturated rings. The van der Waals surface area contributed by atoms with Gasteiger partial charge >= 0.3 is 5.97 Å². The van der Waals surface area contributed by atoms with Crippen LogP contribution in [0.25, 0.3) is 11.1 Å². The summed E-state index contributed by atoms with van der Waals surface area (Å²) < 4.78 is 5.76. The van der Waals surface area contributed by atoms with Gasteiger partial charge < -0.3 is 4.74 Å². The molecule has 25 heavy (non-hydrogen) atoms. The molecule has 2 aromatic carbocycles. The summed E-state index contributed by atoms with van der Waals surface area (Å²) >= 11 is 0. The Balaban J connectivity index is 1.99. The van der Waals surface area contributed by atoms with Gasteiger partial charge in [0.2, 0.25) is 0 Å². The highest BCUT2D eigenvalue weighted by Crippen LogP contribution is 2.46. The predicted octanol–water partition coefficient (Wildman–Crippen LogP) is 3.90. The minimum absolute atomic E-state index is 0.113. The van der Waals surface area contributed by atoms with Crippen molar-refractivity contribution in [3.63, 3.8) is 0 Å². The van der Waals surface area contributed by atoms with Crippen molar-refractivity contribution in [2.75, 3.05) is 0 Å². The van der Waals surface area contributed by atoms with Crippen molar-refractivity contribution in [2.45, 2.75) is 12.5 Å². The Morgan fingerprint density at radius 2 is 1.44 bits per heavy atom. The van der Waals surface area contributed by atoms with Crippen LogP contribution in [-0.2, 0) is 14.3 Å². The summed E-state index contributed by atoms with van der Waals surface area (Å²) in [5, 5.41) is 0. The molecule has 1 aliphatic carbocycles. The molecule has 2 aliphatic rings. The number of aryl methyl sites for hydroxylation is 1. The number of allylic oxidation sites excluding steroid dienone is 2. The molecule has 122 valence electrons. The topological polar surface area (TPSA) is 43.4 Å². The van der Waals surface area contributed by atoms with E-state index in [0.29, 0.717) is 5.57 Å². The van der Waals surface area contributed by atoms with E-state index in [4.69, 9.17) is 4.74 Å². The van der Waals surface area contributed by atoms with Crippen molar-refractivity contribution >= 4 is 22.9 Å². The van der Waals surface area contributed by atoms with Crippen LogP contribution in [0.3, 0.4) is 0 Å². The number of carbonyl (C=O) groups is 2. The van der Waals surface area contributed by atoms with Gasteiger partial charge in [-0.05, 0) is 42.4 Å². The van der Waals surface area contributed by atoms with E-state index >= 15 is 0 Å². The lowest BCUT2D eigenvalue weighted by molar-refractivity contribution is -0.139. The van der Waals surface area contributed by atoms with Crippen molar-refractivity contribution in [3.8, 4) is 0 Å². The molecule has 0 amide bonds. The van der Waals surface area contributed by atoms with Crippen molar-refractivity contribution in [1.29, 1.82) is 0 Å². The maximum absolute atomic E-state index is 12.8. The van der Waals surface area contributed by atoms with Crippen LogP contribution in [0.1, 0.15) is 16.7 Å². The van der Waals surface area contributed by atoms with Gasteiger partial charge in [-0.25, -0.2) is 4.79 Å². The minimum atomic E-state index is -1.04. The molecule has 3 nitrogen and oxygen atoms in total. The lowest BCUT2D eigenvalue weighted by Crippen LogP contribution is -2.28. The van der Waals surface area contributed by atoms with Crippen LogP contribution in [0, 0.1) is 6.92 Å². The molecule has 3 heteroatoms. The maximum Gasteiger partial charge on any atom is 0.340 e. The van der Waals surface area contributed by atoms with Crippen LogP contribution < -0.4 is 0 Å². The van der Waals surface area contributed by atoms with Gasteiger partial charge in [0, 0.05) is 5.57 Å². The second kappa shape index (κ2) is 5.71. The number of carbonyl (C=O) groups excluding carboxylic acids is 2. The molecule has 0 saturated heterocycles. The Labute approximate surface area is 145 Å². The first-order valence-corrected chi connectivity index (χ1v) is 8.12. The summed E-state index contributed by atoms with van der Waals surface area (Å²) in [6, 6.07) is 17.5. The molecule has 0 saturated carbocycles. The summed E-state index contributed by atoms with van der Waals surface area (Å²) in [6.07, 6.45) is 6.23. The lowest BCUT2D eigenvalue weighted by atomic mass is 9.82. The van der Waals surface area contributed by atoms with Gasteiger partial charge in [-0.2, -0.15) is 0 Å². The highest BCUT2D eigenvalue weighted by Gasteiger charge is 2.46. The zero-order chi connectivity index (χ0) is 17.4. The van der Waals surface area contributed by atoms with Crippen molar-refractivity contribution in [3.05, 3.63) is 95.6 Å². The van der Waals surface area contributed by atoms with Crippen molar-refractivity contribution in [2.24, 2.45) is 0 Å². The van der Waals surface area contributed by atoms with E-state index in [0.717, 1.165) is 22.3 Å². The third kappa shape index (κ3) is 2.54. The Hall–Kier alpha value is -3.20. The van der Waals surface area contributed by atoms with E-state index < -0.39 is 5.60 Å². The number of hydrogen-bond acceptors (Lipinski definition) is 3. The smallest absolute Gasteiger partial charge is 0.340 e. The molecular weight excluding hydrogens is 312 g/mol. The molecule has 0 N–H and O–H groups in total. The van der Waals surface area contributed by atoms with E-state index in [1.165, 1.54) is 12.2 Å². The summed E-state index contributed by atoms with van der Waals surface area (Å²) in [6.45, 7) is 2.00. The molecule has 0 atom stereocenters. The molecule has 2 aromatic rings. The first-order valence-electron chi connectivity index (χ1n) is 8.12. The molecule has 4 rings (SSSR count). The van der Waals surface area contributed by atoms with Gasteiger partial charge in [0.25, 0.3) is 0 Å². The van der Waals surface area contributed by atoms with Crippen LogP contribution in [0.2, 0.25) is 0 Å². The van der Waals surface area contributed by atoms with Crippen molar-refractivity contribution in [1.82, 2.24) is 0 Å². The first kappa shape index (κ1) is 15.3. The third-order valence-electron chi connectivity index (χ3n) is 4.50. The number of ketones is 1. The Bertz CT molecular complexity index is 929. The molecule has 0 radical (unpaired) electrons. The summed E-state index contributed by atoms with van der Waals surface area (Å²) in [5.41, 5.74) is 3.09. The average Bonchev–Trinajstić information content (AvgIpc) is 2.91. The highest BCUT2D eigenvalue weighted by atomic mass is 16.6. The molecule has 0 aromatic heterocycles. The number of benzene rings is 2. The summed E-state index contributed by atoms with van der Waals surface area (Å²) in [5.74, 6) is -0.496. The van der Waals surface area contributed by atoms with Crippen LogP contribution in [0.15, 0.2) is 78.9 Å². The van der Waals surface area contributed by atoms with E-state index in [1.807, 2.05) is 61.5 Å². The summed E-state index contributed by atoms with van der Waals surface area (Å²) in [4.78, 5) is 24.4. The largest absolute Gasteiger partial charge is 0.442 e. The van der Waals surface area contributed by atoms with Gasteiger partial charge in [-0.15, -0.1) is 0 Å². The Morgan fingerprint density at radius 3 is 2.08 bits per heavy atom. The molecule has 1 aliphatic heterocycles. The fourth-order valence-electron chi connectivity index (χ4n) is 3.27. The molecular formula is C22H16O3. The molecule has 0 bridgehead atoms. The highest BCUT2D eigenvalue weighted by molar-refractivity contribution is 6.30. The van der Waals surface area contributed by atoms with Gasteiger partial charge in [0.05, 0.1) is 5.57 Å². The van der Waals surface area contributed by atoms with E-state index in [9.17, 15) is 9.59 Å². The number of hydrogen-bond donors (Lipinski definition) is 0.